The molecule has 0 spiro atoms. The zero-order chi connectivity index (χ0) is 11.1. The van der Waals surface area contributed by atoms with Crippen molar-refractivity contribution < 1.29 is 19.1 Å². The highest BCUT2D eigenvalue weighted by Gasteiger charge is 2.19. The third-order valence-corrected chi connectivity index (χ3v) is 1.45. The van der Waals surface area contributed by atoms with Crippen molar-refractivity contribution in [3.63, 3.8) is 0 Å². The second kappa shape index (κ2) is 5.96. The summed E-state index contributed by atoms with van der Waals surface area (Å²) < 4.78 is 9.31. The SMILES string of the molecule is C=C(C(=O)OC)C(/C=C/C)OC(C)=O. The maximum Gasteiger partial charge on any atom is 0.337 e. The van der Waals surface area contributed by atoms with Crippen LogP contribution in [-0.2, 0) is 19.1 Å². The van der Waals surface area contributed by atoms with Crippen LogP contribution in [0.2, 0.25) is 0 Å². The van der Waals surface area contributed by atoms with Crippen LogP contribution in [0.1, 0.15) is 13.8 Å². The second-order valence-corrected chi connectivity index (χ2v) is 2.57. The Balaban J connectivity index is 4.56. The van der Waals surface area contributed by atoms with Gasteiger partial charge in [0, 0.05) is 6.92 Å². The molecule has 14 heavy (non-hydrogen) atoms. The first-order valence-electron chi connectivity index (χ1n) is 4.10. The van der Waals surface area contributed by atoms with Gasteiger partial charge in [-0.15, -0.1) is 0 Å². The van der Waals surface area contributed by atoms with E-state index in [1.165, 1.54) is 14.0 Å². The van der Waals surface area contributed by atoms with E-state index < -0.39 is 18.0 Å². The van der Waals surface area contributed by atoms with E-state index >= 15 is 0 Å². The summed E-state index contributed by atoms with van der Waals surface area (Å²) in [5.41, 5.74) is 0.0980. The summed E-state index contributed by atoms with van der Waals surface area (Å²) in [6.07, 6.45) is 2.48. The van der Waals surface area contributed by atoms with Crippen LogP contribution < -0.4 is 0 Å². The largest absolute Gasteiger partial charge is 0.466 e. The first-order valence-corrected chi connectivity index (χ1v) is 4.10. The summed E-state index contributed by atoms with van der Waals surface area (Å²) in [6, 6.07) is 0. The average Bonchev–Trinajstić information content (AvgIpc) is 2.14. The minimum Gasteiger partial charge on any atom is -0.466 e. The maximum absolute atomic E-state index is 11.1. The summed E-state index contributed by atoms with van der Waals surface area (Å²) >= 11 is 0. The van der Waals surface area contributed by atoms with E-state index in [1.807, 2.05) is 0 Å². The summed E-state index contributed by atoms with van der Waals surface area (Å²) in [5.74, 6) is -1.06. The fourth-order valence-electron chi connectivity index (χ4n) is 0.827. The number of rotatable bonds is 4. The summed E-state index contributed by atoms with van der Waals surface area (Å²) in [4.78, 5) is 21.8. The molecular formula is C10H14O4. The molecule has 0 aromatic rings. The molecule has 0 amide bonds. The number of carbonyl (C=O) groups is 2. The van der Waals surface area contributed by atoms with Crippen molar-refractivity contribution >= 4 is 11.9 Å². The molecule has 0 bridgehead atoms. The highest BCUT2D eigenvalue weighted by molar-refractivity contribution is 5.89. The summed E-state index contributed by atoms with van der Waals surface area (Å²) in [7, 11) is 1.24. The van der Waals surface area contributed by atoms with Gasteiger partial charge in [0.25, 0.3) is 0 Å². The lowest BCUT2D eigenvalue weighted by molar-refractivity contribution is -0.144. The molecule has 0 aromatic heterocycles. The number of methoxy groups -OCH3 is 1. The first-order chi connectivity index (χ1) is 6.52. The molecule has 1 atom stereocenters. The normalized spacial score (nSPS) is 12.2. The monoisotopic (exact) mass is 198 g/mol. The highest BCUT2D eigenvalue weighted by Crippen LogP contribution is 2.08. The van der Waals surface area contributed by atoms with E-state index in [0.29, 0.717) is 0 Å². The van der Waals surface area contributed by atoms with Gasteiger partial charge in [0.15, 0.2) is 6.10 Å². The molecule has 4 heteroatoms. The van der Waals surface area contributed by atoms with Crippen LogP contribution in [0, 0.1) is 0 Å². The zero-order valence-electron chi connectivity index (χ0n) is 8.57. The Hall–Kier alpha value is -1.58. The Morgan fingerprint density at radius 2 is 2.00 bits per heavy atom. The van der Waals surface area contributed by atoms with E-state index in [4.69, 9.17) is 4.74 Å². The number of carbonyl (C=O) groups excluding carboxylic acids is 2. The highest BCUT2D eigenvalue weighted by atomic mass is 16.6. The predicted octanol–water partition coefficient (Wildman–Crippen LogP) is 1.22. The van der Waals surface area contributed by atoms with E-state index in [9.17, 15) is 9.59 Å². The molecule has 0 aliphatic carbocycles. The number of esters is 2. The van der Waals surface area contributed by atoms with Gasteiger partial charge < -0.3 is 9.47 Å². The van der Waals surface area contributed by atoms with Crippen molar-refractivity contribution in [2.45, 2.75) is 20.0 Å². The van der Waals surface area contributed by atoms with Crippen LogP contribution >= 0.6 is 0 Å². The molecule has 0 saturated heterocycles. The van der Waals surface area contributed by atoms with E-state index in [1.54, 1.807) is 19.1 Å². The fraction of sp³-hybridized carbons (Fsp3) is 0.400. The average molecular weight is 198 g/mol. The van der Waals surface area contributed by atoms with Gasteiger partial charge in [0.2, 0.25) is 0 Å². The second-order valence-electron chi connectivity index (χ2n) is 2.57. The standard InChI is InChI=1S/C10H14O4/c1-5-6-9(14-8(3)11)7(2)10(12)13-4/h5-6,9H,2H2,1,3-4H3/b6-5+. The Morgan fingerprint density at radius 1 is 1.43 bits per heavy atom. The molecule has 0 aliphatic heterocycles. The quantitative estimate of drug-likeness (QED) is 0.387. The minimum atomic E-state index is -0.745. The van der Waals surface area contributed by atoms with Crippen molar-refractivity contribution in [1.82, 2.24) is 0 Å². The number of hydrogen-bond donors (Lipinski definition) is 0. The van der Waals surface area contributed by atoms with Gasteiger partial charge in [-0.2, -0.15) is 0 Å². The molecule has 1 unspecified atom stereocenters. The minimum absolute atomic E-state index is 0.0980. The van der Waals surface area contributed by atoms with Crippen molar-refractivity contribution in [2.75, 3.05) is 7.11 Å². The maximum atomic E-state index is 11.1. The lowest BCUT2D eigenvalue weighted by Gasteiger charge is -2.13. The topological polar surface area (TPSA) is 52.6 Å². The van der Waals surface area contributed by atoms with E-state index in [-0.39, 0.29) is 5.57 Å². The van der Waals surface area contributed by atoms with Crippen LogP contribution in [-0.4, -0.2) is 25.2 Å². The van der Waals surface area contributed by atoms with Crippen LogP contribution in [0.4, 0.5) is 0 Å². The molecule has 0 aromatic carbocycles. The third-order valence-electron chi connectivity index (χ3n) is 1.45. The van der Waals surface area contributed by atoms with Gasteiger partial charge in [-0.1, -0.05) is 12.7 Å². The van der Waals surface area contributed by atoms with Gasteiger partial charge >= 0.3 is 11.9 Å². The van der Waals surface area contributed by atoms with Gasteiger partial charge in [-0.25, -0.2) is 4.79 Å². The molecule has 0 fully saturated rings. The van der Waals surface area contributed by atoms with Gasteiger partial charge in [-0.3, -0.25) is 4.79 Å². The molecule has 0 radical (unpaired) electrons. The summed E-state index contributed by atoms with van der Waals surface area (Å²) in [5, 5.41) is 0. The van der Waals surface area contributed by atoms with Crippen LogP contribution in [0.25, 0.3) is 0 Å². The Morgan fingerprint density at radius 3 is 2.36 bits per heavy atom. The number of hydrogen-bond acceptors (Lipinski definition) is 4. The molecular weight excluding hydrogens is 184 g/mol. The Labute approximate surface area is 83.2 Å². The smallest absolute Gasteiger partial charge is 0.337 e. The fourth-order valence-corrected chi connectivity index (χ4v) is 0.827. The van der Waals surface area contributed by atoms with Gasteiger partial charge in [0.1, 0.15) is 0 Å². The first kappa shape index (κ1) is 12.4. The Bertz CT molecular complexity index is 265. The molecule has 0 saturated carbocycles. The zero-order valence-corrected chi connectivity index (χ0v) is 8.57. The summed E-state index contributed by atoms with van der Waals surface area (Å²) in [6.45, 7) is 6.51. The van der Waals surface area contributed by atoms with Gasteiger partial charge in [0.05, 0.1) is 12.7 Å². The van der Waals surface area contributed by atoms with Gasteiger partial charge in [-0.05, 0) is 13.0 Å². The molecule has 0 heterocycles. The van der Waals surface area contributed by atoms with Crippen molar-refractivity contribution in [3.8, 4) is 0 Å². The Kier molecular flexibility index (Phi) is 5.29. The van der Waals surface area contributed by atoms with Crippen LogP contribution in [0.3, 0.4) is 0 Å². The molecule has 0 rings (SSSR count). The molecule has 0 aliphatic rings. The van der Waals surface area contributed by atoms with E-state index in [0.717, 1.165) is 0 Å². The van der Waals surface area contributed by atoms with Crippen LogP contribution in [0.15, 0.2) is 24.3 Å². The third kappa shape index (κ3) is 3.89. The lowest BCUT2D eigenvalue weighted by Crippen LogP contribution is -2.22. The molecule has 78 valence electrons. The van der Waals surface area contributed by atoms with Crippen molar-refractivity contribution in [3.05, 3.63) is 24.3 Å². The van der Waals surface area contributed by atoms with Crippen LogP contribution in [0.5, 0.6) is 0 Å². The predicted molar refractivity (Wildman–Crippen MR) is 51.5 cm³/mol. The molecule has 4 nitrogen and oxygen atoms in total. The van der Waals surface area contributed by atoms with Crippen molar-refractivity contribution in [1.29, 1.82) is 0 Å². The van der Waals surface area contributed by atoms with E-state index in [2.05, 4.69) is 11.3 Å². The lowest BCUT2D eigenvalue weighted by atomic mass is 10.1. The number of allylic oxidation sites excluding steroid dienone is 1. The van der Waals surface area contributed by atoms with Crippen molar-refractivity contribution in [2.24, 2.45) is 0 Å². The number of ether oxygens (including phenoxy) is 2. The molecule has 0 N–H and O–H groups in total.